The van der Waals surface area contributed by atoms with Gasteiger partial charge in [0.25, 0.3) is 0 Å². The normalized spacial score (nSPS) is 18.0. The van der Waals surface area contributed by atoms with Crippen LogP contribution in [-0.2, 0) is 10.0 Å². The van der Waals surface area contributed by atoms with Crippen LogP contribution in [0, 0.1) is 6.92 Å². The van der Waals surface area contributed by atoms with E-state index in [4.69, 9.17) is 5.73 Å². The van der Waals surface area contributed by atoms with E-state index in [0.29, 0.717) is 16.1 Å². The summed E-state index contributed by atoms with van der Waals surface area (Å²) in [5, 5.41) is 0. The maximum atomic E-state index is 12.5. The lowest BCUT2D eigenvalue weighted by Gasteiger charge is -2.32. The molecule has 2 rings (SSSR count). The molecular formula is C15H25N3O2S. The number of rotatable bonds is 5. The summed E-state index contributed by atoms with van der Waals surface area (Å²) in [6.07, 6.45) is 2.86. The fraction of sp³-hybridized carbons (Fsp3) is 0.600. The van der Waals surface area contributed by atoms with Crippen molar-refractivity contribution in [2.24, 2.45) is 0 Å². The van der Waals surface area contributed by atoms with Crippen molar-refractivity contribution < 1.29 is 8.42 Å². The number of nitrogens with two attached hydrogens (primary N) is 1. The van der Waals surface area contributed by atoms with E-state index in [9.17, 15) is 8.42 Å². The van der Waals surface area contributed by atoms with Crippen LogP contribution in [0.4, 0.5) is 5.69 Å². The summed E-state index contributed by atoms with van der Waals surface area (Å²) in [6, 6.07) is 5.03. The van der Waals surface area contributed by atoms with Crippen molar-refractivity contribution in [3.05, 3.63) is 23.8 Å². The Morgan fingerprint density at radius 1 is 1.33 bits per heavy atom. The number of hydrogen-bond acceptors (Lipinski definition) is 4. The van der Waals surface area contributed by atoms with E-state index in [0.717, 1.165) is 38.9 Å². The molecule has 1 fully saturated rings. The molecule has 1 saturated heterocycles. The van der Waals surface area contributed by atoms with Crippen LogP contribution in [0.1, 0.15) is 31.7 Å². The highest BCUT2D eigenvalue weighted by atomic mass is 32.2. The molecule has 1 heterocycles. The average molecular weight is 311 g/mol. The van der Waals surface area contributed by atoms with Crippen LogP contribution in [-0.4, -0.2) is 39.0 Å². The number of sulfonamides is 1. The van der Waals surface area contributed by atoms with Gasteiger partial charge in [-0.15, -0.1) is 0 Å². The summed E-state index contributed by atoms with van der Waals surface area (Å²) in [7, 11) is -3.49. The molecule has 0 saturated carbocycles. The zero-order valence-electron chi connectivity index (χ0n) is 12.8. The van der Waals surface area contributed by atoms with Crippen molar-refractivity contribution in [3.63, 3.8) is 0 Å². The van der Waals surface area contributed by atoms with Crippen molar-refractivity contribution >= 4 is 15.7 Å². The maximum absolute atomic E-state index is 12.5. The second-order valence-electron chi connectivity index (χ2n) is 5.71. The van der Waals surface area contributed by atoms with Crippen LogP contribution in [0.3, 0.4) is 0 Å². The summed E-state index contributed by atoms with van der Waals surface area (Å²) < 4.78 is 27.8. The van der Waals surface area contributed by atoms with Crippen molar-refractivity contribution in [1.82, 2.24) is 9.62 Å². The zero-order chi connectivity index (χ0) is 15.5. The lowest BCUT2D eigenvalue weighted by molar-refractivity contribution is 0.208. The lowest BCUT2D eigenvalue weighted by atomic mass is 10.1. The van der Waals surface area contributed by atoms with Gasteiger partial charge in [0.15, 0.2) is 0 Å². The van der Waals surface area contributed by atoms with Crippen molar-refractivity contribution in [3.8, 4) is 0 Å². The van der Waals surface area contributed by atoms with Crippen molar-refractivity contribution in [2.45, 2.75) is 44.0 Å². The largest absolute Gasteiger partial charge is 0.398 e. The summed E-state index contributed by atoms with van der Waals surface area (Å²) in [5.41, 5.74) is 6.93. The van der Waals surface area contributed by atoms with E-state index in [1.54, 1.807) is 25.1 Å². The van der Waals surface area contributed by atoms with Gasteiger partial charge in [0.1, 0.15) is 0 Å². The number of hydrogen-bond donors (Lipinski definition) is 2. The van der Waals surface area contributed by atoms with E-state index in [1.165, 1.54) is 0 Å². The predicted octanol–water partition coefficient (Wildman–Crippen LogP) is 1.73. The first-order valence-electron chi connectivity index (χ1n) is 7.54. The summed E-state index contributed by atoms with van der Waals surface area (Å²) in [6.45, 7) is 6.91. The number of anilines is 1. The van der Waals surface area contributed by atoms with Gasteiger partial charge in [0, 0.05) is 11.7 Å². The molecule has 0 amide bonds. The first kappa shape index (κ1) is 16.3. The van der Waals surface area contributed by atoms with Crippen LogP contribution in [0.2, 0.25) is 0 Å². The summed E-state index contributed by atoms with van der Waals surface area (Å²) in [5.74, 6) is 0. The van der Waals surface area contributed by atoms with Crippen LogP contribution < -0.4 is 10.5 Å². The van der Waals surface area contributed by atoms with Gasteiger partial charge < -0.3 is 10.6 Å². The Labute approximate surface area is 127 Å². The number of nitrogens with one attached hydrogen (secondary N) is 1. The van der Waals surface area contributed by atoms with Gasteiger partial charge in [-0.2, -0.15) is 0 Å². The molecule has 0 spiro atoms. The third-order valence-corrected chi connectivity index (χ3v) is 5.73. The molecule has 1 aromatic carbocycles. The van der Waals surface area contributed by atoms with Gasteiger partial charge in [-0.1, -0.05) is 13.0 Å². The molecular weight excluding hydrogens is 286 g/mol. The van der Waals surface area contributed by atoms with Gasteiger partial charge >= 0.3 is 0 Å². The monoisotopic (exact) mass is 311 g/mol. The molecule has 0 aromatic heterocycles. The van der Waals surface area contributed by atoms with E-state index >= 15 is 0 Å². The number of likely N-dealkylation sites (tertiary alicyclic amines) is 1. The Bertz CT molecular complexity index is 579. The minimum absolute atomic E-state index is 0.0175. The standard InChI is InChI=1S/C15H25N3O2S/c1-3-9-18-10-7-13(8-11-18)17-21(19,20)15-6-4-5-14(16)12(15)2/h4-6,13,17H,3,7-11,16H2,1-2H3. The highest BCUT2D eigenvalue weighted by Gasteiger charge is 2.25. The molecule has 0 bridgehead atoms. The predicted molar refractivity (Wildman–Crippen MR) is 85.7 cm³/mol. The Hall–Kier alpha value is -1.11. The van der Waals surface area contributed by atoms with E-state index in [-0.39, 0.29) is 6.04 Å². The van der Waals surface area contributed by atoms with Gasteiger partial charge in [-0.05, 0) is 63.5 Å². The molecule has 0 aliphatic carbocycles. The minimum atomic E-state index is -3.49. The third-order valence-electron chi connectivity index (χ3n) is 4.06. The number of piperidine rings is 1. The second-order valence-corrected chi connectivity index (χ2v) is 7.39. The molecule has 0 atom stereocenters. The van der Waals surface area contributed by atoms with E-state index < -0.39 is 10.0 Å². The molecule has 118 valence electrons. The molecule has 0 radical (unpaired) electrons. The van der Waals surface area contributed by atoms with Crippen molar-refractivity contribution in [2.75, 3.05) is 25.4 Å². The summed E-state index contributed by atoms with van der Waals surface area (Å²) in [4.78, 5) is 2.68. The summed E-state index contributed by atoms with van der Waals surface area (Å²) >= 11 is 0. The molecule has 21 heavy (non-hydrogen) atoms. The average Bonchev–Trinajstić information content (AvgIpc) is 2.44. The smallest absolute Gasteiger partial charge is 0.241 e. The van der Waals surface area contributed by atoms with Gasteiger partial charge in [0.2, 0.25) is 10.0 Å². The lowest BCUT2D eigenvalue weighted by Crippen LogP contribution is -2.44. The van der Waals surface area contributed by atoms with Crippen LogP contribution in [0.5, 0.6) is 0 Å². The molecule has 3 N–H and O–H groups in total. The highest BCUT2D eigenvalue weighted by molar-refractivity contribution is 7.89. The van der Waals surface area contributed by atoms with Crippen LogP contribution in [0.25, 0.3) is 0 Å². The molecule has 5 nitrogen and oxygen atoms in total. The molecule has 1 aliphatic rings. The number of nitrogens with zero attached hydrogens (tertiary/aromatic N) is 1. The van der Waals surface area contributed by atoms with E-state index in [1.807, 2.05) is 0 Å². The minimum Gasteiger partial charge on any atom is -0.398 e. The molecule has 0 unspecified atom stereocenters. The number of nitrogen functional groups attached to an aromatic ring is 1. The highest BCUT2D eigenvalue weighted by Crippen LogP contribution is 2.22. The maximum Gasteiger partial charge on any atom is 0.241 e. The molecule has 1 aliphatic heterocycles. The first-order valence-corrected chi connectivity index (χ1v) is 9.02. The van der Waals surface area contributed by atoms with Gasteiger partial charge in [-0.25, -0.2) is 13.1 Å². The fourth-order valence-corrected chi connectivity index (χ4v) is 4.38. The van der Waals surface area contributed by atoms with Gasteiger partial charge in [0.05, 0.1) is 4.90 Å². The van der Waals surface area contributed by atoms with Crippen LogP contribution >= 0.6 is 0 Å². The number of benzene rings is 1. The van der Waals surface area contributed by atoms with E-state index in [2.05, 4.69) is 16.5 Å². The molecule has 6 heteroatoms. The Balaban J connectivity index is 2.04. The molecule has 1 aromatic rings. The Morgan fingerprint density at radius 3 is 2.62 bits per heavy atom. The SMILES string of the molecule is CCCN1CCC(NS(=O)(=O)c2cccc(N)c2C)CC1. The topological polar surface area (TPSA) is 75.4 Å². The third kappa shape index (κ3) is 3.96. The quantitative estimate of drug-likeness (QED) is 0.812. The zero-order valence-corrected chi connectivity index (χ0v) is 13.6. The van der Waals surface area contributed by atoms with Crippen molar-refractivity contribution in [1.29, 1.82) is 0 Å². The van der Waals surface area contributed by atoms with Crippen LogP contribution in [0.15, 0.2) is 23.1 Å². The Kier molecular flexibility index (Phi) is 5.24. The first-order chi connectivity index (χ1) is 9.94. The van der Waals surface area contributed by atoms with Gasteiger partial charge in [-0.3, -0.25) is 0 Å². The Morgan fingerprint density at radius 2 is 2.00 bits per heavy atom. The second kappa shape index (κ2) is 6.77. The fourth-order valence-electron chi connectivity index (χ4n) is 2.80.